The van der Waals surface area contributed by atoms with E-state index in [9.17, 15) is 0 Å². The normalized spacial score (nSPS) is 18.9. The van der Waals surface area contributed by atoms with Gasteiger partial charge in [-0.15, -0.1) is 11.3 Å². The topological polar surface area (TPSA) is 24.9 Å². The summed E-state index contributed by atoms with van der Waals surface area (Å²) in [6.45, 7) is 11.1. The number of aromatic nitrogens is 1. The van der Waals surface area contributed by atoms with Crippen molar-refractivity contribution in [1.82, 2.24) is 10.3 Å². The second-order valence-corrected chi connectivity index (χ2v) is 7.92. The molecule has 1 aliphatic carbocycles. The number of hydrogen-bond acceptors (Lipinski definition) is 3. The molecular weight excluding hydrogens is 252 g/mol. The van der Waals surface area contributed by atoms with Gasteiger partial charge in [-0.25, -0.2) is 4.98 Å². The number of thiazole rings is 1. The van der Waals surface area contributed by atoms with Crippen molar-refractivity contribution >= 4 is 11.3 Å². The minimum Gasteiger partial charge on any atom is -0.311 e. The number of rotatable bonds is 5. The van der Waals surface area contributed by atoms with Crippen LogP contribution >= 0.6 is 11.3 Å². The highest BCUT2D eigenvalue weighted by Gasteiger charge is 2.31. The van der Waals surface area contributed by atoms with Gasteiger partial charge in [0.2, 0.25) is 0 Å². The van der Waals surface area contributed by atoms with E-state index < -0.39 is 0 Å². The van der Waals surface area contributed by atoms with E-state index in [2.05, 4.69) is 38.4 Å². The minimum atomic E-state index is 0.180. The van der Waals surface area contributed by atoms with Crippen molar-refractivity contribution in [3.05, 3.63) is 16.1 Å². The van der Waals surface area contributed by atoms with Crippen molar-refractivity contribution in [2.45, 2.75) is 71.8 Å². The molecule has 3 heteroatoms. The van der Waals surface area contributed by atoms with Crippen LogP contribution in [0.4, 0.5) is 0 Å². The lowest BCUT2D eigenvalue weighted by molar-refractivity contribution is 0.268. The van der Waals surface area contributed by atoms with Gasteiger partial charge in [-0.05, 0) is 24.7 Å². The summed E-state index contributed by atoms with van der Waals surface area (Å²) in [6.07, 6.45) is 6.95. The third-order valence-corrected chi connectivity index (χ3v) is 5.73. The van der Waals surface area contributed by atoms with Crippen molar-refractivity contribution in [2.75, 3.05) is 6.54 Å². The van der Waals surface area contributed by atoms with Crippen LogP contribution in [0.1, 0.15) is 70.5 Å². The van der Waals surface area contributed by atoms with E-state index in [1.54, 1.807) is 11.3 Å². The fraction of sp³-hybridized carbons (Fsp3) is 0.812. The van der Waals surface area contributed by atoms with Crippen molar-refractivity contribution in [3.8, 4) is 0 Å². The maximum absolute atomic E-state index is 4.75. The minimum absolute atomic E-state index is 0.180. The predicted octanol–water partition coefficient (Wildman–Crippen LogP) is 4.50. The van der Waals surface area contributed by atoms with Gasteiger partial charge in [-0.3, -0.25) is 0 Å². The van der Waals surface area contributed by atoms with Gasteiger partial charge in [-0.2, -0.15) is 0 Å². The molecule has 0 spiro atoms. The standard InChI is InChI=1S/C16H28N2S/c1-5-16(8-6-7-9-16)12-17-10-13-11-19-14(18-13)15(2,3)4/h11,17H,5-10,12H2,1-4H3. The maximum atomic E-state index is 4.75. The quantitative estimate of drug-likeness (QED) is 0.859. The van der Waals surface area contributed by atoms with Crippen LogP contribution in [0.2, 0.25) is 0 Å². The second kappa shape index (κ2) is 5.92. The Bertz CT molecular complexity index is 397. The fourth-order valence-electron chi connectivity index (χ4n) is 2.97. The summed E-state index contributed by atoms with van der Waals surface area (Å²) in [4.78, 5) is 4.75. The van der Waals surface area contributed by atoms with Gasteiger partial charge in [0.05, 0.1) is 10.7 Å². The van der Waals surface area contributed by atoms with Crippen LogP contribution in [0, 0.1) is 5.41 Å². The summed E-state index contributed by atoms with van der Waals surface area (Å²) in [5.41, 5.74) is 1.96. The molecule has 1 fully saturated rings. The van der Waals surface area contributed by atoms with E-state index in [1.165, 1.54) is 42.8 Å². The molecule has 0 unspecified atom stereocenters. The lowest BCUT2D eigenvalue weighted by atomic mass is 9.83. The van der Waals surface area contributed by atoms with Gasteiger partial charge >= 0.3 is 0 Å². The van der Waals surface area contributed by atoms with E-state index in [0.29, 0.717) is 5.41 Å². The molecule has 0 saturated heterocycles. The summed E-state index contributed by atoms with van der Waals surface area (Å²) in [5.74, 6) is 0. The Hall–Kier alpha value is -0.410. The van der Waals surface area contributed by atoms with Crippen molar-refractivity contribution in [2.24, 2.45) is 5.41 Å². The third-order valence-electron chi connectivity index (χ3n) is 4.41. The summed E-state index contributed by atoms with van der Waals surface area (Å²) < 4.78 is 0. The van der Waals surface area contributed by atoms with Crippen molar-refractivity contribution < 1.29 is 0 Å². The Morgan fingerprint density at radius 2 is 2.00 bits per heavy atom. The Balaban J connectivity index is 1.84. The molecule has 0 aromatic carbocycles. The molecule has 0 bridgehead atoms. The number of nitrogens with zero attached hydrogens (tertiary/aromatic N) is 1. The Morgan fingerprint density at radius 1 is 1.32 bits per heavy atom. The first-order valence-corrected chi connectivity index (χ1v) is 8.49. The average Bonchev–Trinajstić information content (AvgIpc) is 2.97. The molecule has 1 aromatic heterocycles. The number of nitrogens with one attached hydrogen (secondary N) is 1. The molecule has 1 aliphatic rings. The van der Waals surface area contributed by atoms with Gasteiger partial charge in [-0.1, -0.05) is 40.5 Å². The molecule has 0 aliphatic heterocycles. The van der Waals surface area contributed by atoms with Crippen LogP contribution in [0.3, 0.4) is 0 Å². The Morgan fingerprint density at radius 3 is 2.53 bits per heavy atom. The lowest BCUT2D eigenvalue weighted by Gasteiger charge is -2.27. The van der Waals surface area contributed by atoms with Crippen LogP contribution in [0.25, 0.3) is 0 Å². The summed E-state index contributed by atoms with van der Waals surface area (Å²) in [5, 5.41) is 7.10. The smallest absolute Gasteiger partial charge is 0.0982 e. The van der Waals surface area contributed by atoms with Gasteiger partial charge in [0, 0.05) is 23.9 Å². The van der Waals surface area contributed by atoms with Crippen LogP contribution in [-0.4, -0.2) is 11.5 Å². The van der Waals surface area contributed by atoms with Gasteiger partial charge in [0.15, 0.2) is 0 Å². The second-order valence-electron chi connectivity index (χ2n) is 7.06. The Labute approximate surface area is 122 Å². The predicted molar refractivity (Wildman–Crippen MR) is 83.7 cm³/mol. The summed E-state index contributed by atoms with van der Waals surface area (Å²) in [7, 11) is 0. The fourth-order valence-corrected chi connectivity index (χ4v) is 3.88. The molecule has 1 saturated carbocycles. The first-order valence-electron chi connectivity index (χ1n) is 7.61. The number of hydrogen-bond donors (Lipinski definition) is 1. The molecule has 2 nitrogen and oxygen atoms in total. The third kappa shape index (κ3) is 3.79. The van der Waals surface area contributed by atoms with E-state index in [0.717, 1.165) is 13.1 Å². The van der Waals surface area contributed by atoms with E-state index in [-0.39, 0.29) is 5.41 Å². The molecule has 19 heavy (non-hydrogen) atoms. The first kappa shape index (κ1) is 15.0. The largest absolute Gasteiger partial charge is 0.311 e. The Kier molecular flexibility index (Phi) is 4.67. The molecule has 0 atom stereocenters. The van der Waals surface area contributed by atoms with Crippen LogP contribution in [0.15, 0.2) is 5.38 Å². The van der Waals surface area contributed by atoms with Crippen molar-refractivity contribution in [1.29, 1.82) is 0 Å². The van der Waals surface area contributed by atoms with Crippen LogP contribution in [-0.2, 0) is 12.0 Å². The zero-order valence-electron chi connectivity index (χ0n) is 12.9. The van der Waals surface area contributed by atoms with E-state index in [1.807, 2.05) is 0 Å². The highest BCUT2D eigenvalue weighted by molar-refractivity contribution is 7.09. The monoisotopic (exact) mass is 280 g/mol. The van der Waals surface area contributed by atoms with Crippen molar-refractivity contribution in [3.63, 3.8) is 0 Å². The van der Waals surface area contributed by atoms with E-state index in [4.69, 9.17) is 4.98 Å². The van der Waals surface area contributed by atoms with Crippen LogP contribution in [0.5, 0.6) is 0 Å². The molecule has 1 heterocycles. The first-order chi connectivity index (χ1) is 8.95. The highest BCUT2D eigenvalue weighted by atomic mass is 32.1. The lowest BCUT2D eigenvalue weighted by Crippen LogP contribution is -2.31. The average molecular weight is 280 g/mol. The zero-order valence-corrected chi connectivity index (χ0v) is 13.7. The highest BCUT2D eigenvalue weighted by Crippen LogP contribution is 2.40. The van der Waals surface area contributed by atoms with E-state index >= 15 is 0 Å². The molecule has 2 rings (SSSR count). The molecule has 1 N–H and O–H groups in total. The molecule has 108 valence electrons. The zero-order chi connectivity index (χ0) is 13.9. The SMILES string of the molecule is CCC1(CNCc2csc(C(C)(C)C)n2)CCCC1. The molecular formula is C16H28N2S. The summed E-state index contributed by atoms with van der Waals surface area (Å²) >= 11 is 1.79. The maximum Gasteiger partial charge on any atom is 0.0982 e. The van der Waals surface area contributed by atoms with Gasteiger partial charge in [0.25, 0.3) is 0 Å². The van der Waals surface area contributed by atoms with Gasteiger partial charge in [0.1, 0.15) is 0 Å². The van der Waals surface area contributed by atoms with Crippen LogP contribution < -0.4 is 5.32 Å². The molecule has 1 aromatic rings. The van der Waals surface area contributed by atoms with Gasteiger partial charge < -0.3 is 5.32 Å². The molecule has 0 amide bonds. The summed E-state index contributed by atoms with van der Waals surface area (Å²) in [6, 6.07) is 0. The molecule has 0 radical (unpaired) electrons.